The zero-order valence-corrected chi connectivity index (χ0v) is 20.9. The summed E-state index contributed by atoms with van der Waals surface area (Å²) >= 11 is 0. The van der Waals surface area contributed by atoms with Crippen LogP contribution in [0.3, 0.4) is 0 Å². The van der Waals surface area contributed by atoms with E-state index in [-0.39, 0.29) is 23.8 Å². The lowest BCUT2D eigenvalue weighted by molar-refractivity contribution is 0.0696. The predicted molar refractivity (Wildman–Crippen MR) is 144 cm³/mol. The highest BCUT2D eigenvalue weighted by molar-refractivity contribution is 5.95. The fraction of sp³-hybridized carbons (Fsp3) is 0.161. The van der Waals surface area contributed by atoms with E-state index in [0.29, 0.717) is 42.1 Å². The van der Waals surface area contributed by atoms with E-state index in [9.17, 15) is 19.1 Å². The molecule has 0 unspecified atom stereocenters. The smallest absolute Gasteiger partial charge is 0.335 e. The van der Waals surface area contributed by atoms with E-state index < -0.39 is 5.97 Å². The molecule has 1 heterocycles. The minimum Gasteiger partial charge on any atom is -0.490 e. The molecule has 7 heteroatoms. The third-order valence-corrected chi connectivity index (χ3v) is 6.69. The van der Waals surface area contributed by atoms with E-state index in [4.69, 9.17) is 4.74 Å². The van der Waals surface area contributed by atoms with Crippen LogP contribution in [0.15, 0.2) is 84.9 Å². The van der Waals surface area contributed by atoms with Crippen LogP contribution < -0.4 is 15.0 Å². The van der Waals surface area contributed by atoms with Crippen molar-refractivity contribution >= 4 is 17.6 Å². The van der Waals surface area contributed by atoms with Crippen molar-refractivity contribution in [2.24, 2.45) is 0 Å². The lowest BCUT2D eigenvalue weighted by Gasteiger charge is -2.32. The molecule has 0 atom stereocenters. The number of rotatable bonds is 7. The van der Waals surface area contributed by atoms with Gasteiger partial charge in [-0.25, -0.2) is 9.18 Å². The summed E-state index contributed by atoms with van der Waals surface area (Å²) in [5, 5.41) is 12.1. The van der Waals surface area contributed by atoms with Gasteiger partial charge in [0.25, 0.3) is 5.91 Å². The largest absolute Gasteiger partial charge is 0.490 e. The fourth-order valence-electron chi connectivity index (χ4n) is 4.55. The zero-order valence-electron chi connectivity index (χ0n) is 20.9. The first-order valence-electron chi connectivity index (χ1n) is 12.4. The van der Waals surface area contributed by atoms with E-state index in [1.807, 2.05) is 36.4 Å². The van der Waals surface area contributed by atoms with Crippen LogP contribution in [-0.2, 0) is 13.1 Å². The number of nitrogens with zero attached hydrogens (tertiary/aromatic N) is 1. The minimum atomic E-state index is -0.952. The van der Waals surface area contributed by atoms with Crippen LogP contribution in [0.4, 0.5) is 10.1 Å². The molecule has 0 saturated heterocycles. The summed E-state index contributed by atoms with van der Waals surface area (Å²) < 4.78 is 19.7. The quantitative estimate of drug-likeness (QED) is 0.327. The highest BCUT2D eigenvalue weighted by atomic mass is 19.1. The Hall–Kier alpha value is -4.65. The first kappa shape index (κ1) is 25.0. The van der Waals surface area contributed by atoms with Gasteiger partial charge in [-0.3, -0.25) is 4.79 Å². The van der Waals surface area contributed by atoms with Gasteiger partial charge in [-0.2, -0.15) is 0 Å². The summed E-state index contributed by atoms with van der Waals surface area (Å²) in [5.74, 6) is -0.872. The SMILES string of the molecule is Cc1ccc(CNC(=O)c2ccc3c(c2)OCCN3Cc2ccccc2-c2ccc(C(=O)O)cc2)cc1F. The van der Waals surface area contributed by atoms with E-state index >= 15 is 0 Å². The van der Waals surface area contributed by atoms with Crippen LogP contribution in [0.25, 0.3) is 11.1 Å². The number of nitrogens with one attached hydrogen (secondary N) is 1. The van der Waals surface area contributed by atoms with Gasteiger partial charge >= 0.3 is 5.97 Å². The van der Waals surface area contributed by atoms with Crippen molar-refractivity contribution in [1.29, 1.82) is 0 Å². The number of benzene rings is 4. The van der Waals surface area contributed by atoms with Crippen molar-refractivity contribution in [2.75, 3.05) is 18.1 Å². The van der Waals surface area contributed by atoms with Crippen LogP contribution in [0.1, 0.15) is 37.4 Å². The Morgan fingerprint density at radius 1 is 0.974 bits per heavy atom. The lowest BCUT2D eigenvalue weighted by atomic mass is 9.98. The summed E-state index contributed by atoms with van der Waals surface area (Å²) in [4.78, 5) is 26.2. The van der Waals surface area contributed by atoms with Gasteiger partial charge in [-0.1, -0.05) is 48.5 Å². The maximum Gasteiger partial charge on any atom is 0.335 e. The fourth-order valence-corrected chi connectivity index (χ4v) is 4.55. The summed E-state index contributed by atoms with van der Waals surface area (Å²) in [7, 11) is 0. The second-order valence-corrected chi connectivity index (χ2v) is 9.26. The molecule has 6 nitrogen and oxygen atoms in total. The minimum absolute atomic E-state index is 0.227. The van der Waals surface area contributed by atoms with Crippen molar-refractivity contribution in [2.45, 2.75) is 20.0 Å². The molecule has 0 saturated carbocycles. The Labute approximate surface area is 220 Å². The molecule has 192 valence electrons. The van der Waals surface area contributed by atoms with Crippen LogP contribution in [0.5, 0.6) is 5.75 Å². The van der Waals surface area contributed by atoms with E-state index in [1.54, 1.807) is 43.3 Å². The maximum atomic E-state index is 13.8. The second kappa shape index (κ2) is 10.8. The van der Waals surface area contributed by atoms with E-state index in [2.05, 4.69) is 16.3 Å². The molecular formula is C31H27FN2O4. The van der Waals surface area contributed by atoms with Crippen LogP contribution in [0, 0.1) is 12.7 Å². The number of carbonyl (C=O) groups is 2. The van der Waals surface area contributed by atoms with E-state index in [1.165, 1.54) is 6.07 Å². The van der Waals surface area contributed by atoms with Gasteiger partial charge in [0.2, 0.25) is 0 Å². The van der Waals surface area contributed by atoms with Gasteiger partial charge in [0.05, 0.1) is 17.8 Å². The summed E-state index contributed by atoms with van der Waals surface area (Å²) in [6, 6.07) is 25.2. The van der Waals surface area contributed by atoms with Crippen molar-refractivity contribution < 1.29 is 23.8 Å². The summed E-state index contributed by atoms with van der Waals surface area (Å²) in [6.07, 6.45) is 0. The van der Waals surface area contributed by atoms with Gasteiger partial charge in [0.1, 0.15) is 18.2 Å². The van der Waals surface area contributed by atoms with Crippen LogP contribution in [0.2, 0.25) is 0 Å². The van der Waals surface area contributed by atoms with Gasteiger partial charge in [-0.15, -0.1) is 0 Å². The van der Waals surface area contributed by atoms with Crippen molar-refractivity contribution in [3.63, 3.8) is 0 Å². The van der Waals surface area contributed by atoms with E-state index in [0.717, 1.165) is 22.4 Å². The summed E-state index contributed by atoms with van der Waals surface area (Å²) in [5.41, 5.74) is 5.94. The highest BCUT2D eigenvalue weighted by Crippen LogP contribution is 2.35. The number of hydrogen-bond donors (Lipinski definition) is 2. The average Bonchev–Trinajstić information content (AvgIpc) is 2.93. The molecule has 4 aromatic rings. The van der Waals surface area contributed by atoms with Crippen LogP contribution >= 0.6 is 0 Å². The number of amides is 1. The van der Waals surface area contributed by atoms with Gasteiger partial charge < -0.3 is 20.1 Å². The molecule has 0 radical (unpaired) electrons. The molecule has 0 aliphatic carbocycles. The third kappa shape index (κ3) is 5.37. The van der Waals surface area contributed by atoms with Gasteiger partial charge in [0.15, 0.2) is 0 Å². The molecule has 1 aliphatic heterocycles. The third-order valence-electron chi connectivity index (χ3n) is 6.69. The number of ether oxygens (including phenoxy) is 1. The molecule has 38 heavy (non-hydrogen) atoms. The Morgan fingerprint density at radius 3 is 2.50 bits per heavy atom. The molecule has 5 rings (SSSR count). The second-order valence-electron chi connectivity index (χ2n) is 9.26. The lowest BCUT2D eigenvalue weighted by Crippen LogP contribution is -2.32. The molecule has 0 fully saturated rings. The Bertz CT molecular complexity index is 1500. The van der Waals surface area contributed by atoms with Crippen LogP contribution in [-0.4, -0.2) is 30.1 Å². The Balaban J connectivity index is 1.32. The standard InChI is InChI=1S/C31H27FN2O4/c1-20-6-7-21(16-27(20)32)18-33-30(35)24-12-13-28-29(17-24)38-15-14-34(28)19-25-4-2-3-5-26(25)22-8-10-23(11-9-22)31(36)37/h2-13,16-17H,14-15,18-19H2,1H3,(H,33,35)(H,36,37). The molecule has 0 aromatic heterocycles. The Kier molecular flexibility index (Phi) is 7.09. The zero-order chi connectivity index (χ0) is 26.6. The first-order valence-corrected chi connectivity index (χ1v) is 12.4. The summed E-state index contributed by atoms with van der Waals surface area (Å²) in [6.45, 7) is 3.72. The van der Waals surface area contributed by atoms with Crippen molar-refractivity contribution in [3.05, 3.63) is 119 Å². The molecule has 1 aliphatic rings. The molecule has 0 bridgehead atoms. The van der Waals surface area contributed by atoms with Crippen molar-refractivity contribution in [3.8, 4) is 16.9 Å². The number of hydrogen-bond acceptors (Lipinski definition) is 4. The number of aryl methyl sites for hydroxylation is 1. The number of carboxylic acid groups (broad SMARTS) is 1. The number of halogens is 1. The topological polar surface area (TPSA) is 78.9 Å². The number of fused-ring (bicyclic) bond motifs is 1. The molecule has 4 aromatic carbocycles. The maximum absolute atomic E-state index is 13.8. The van der Waals surface area contributed by atoms with Gasteiger partial charge in [-0.05, 0) is 71.1 Å². The predicted octanol–water partition coefficient (Wildman–Crippen LogP) is 5.83. The monoisotopic (exact) mass is 510 g/mol. The number of carbonyl (C=O) groups excluding carboxylic acids is 1. The first-order chi connectivity index (χ1) is 18.4. The van der Waals surface area contributed by atoms with Gasteiger partial charge in [0, 0.05) is 18.7 Å². The molecule has 2 N–H and O–H groups in total. The molecule has 1 amide bonds. The average molecular weight is 511 g/mol. The highest BCUT2D eigenvalue weighted by Gasteiger charge is 2.21. The molecular weight excluding hydrogens is 483 g/mol. The molecule has 0 spiro atoms. The number of carboxylic acids is 1. The normalized spacial score (nSPS) is 12.4. The Morgan fingerprint density at radius 2 is 1.74 bits per heavy atom. The number of anilines is 1. The number of aromatic carboxylic acids is 1. The van der Waals surface area contributed by atoms with Crippen molar-refractivity contribution in [1.82, 2.24) is 5.32 Å².